The van der Waals surface area contributed by atoms with E-state index in [9.17, 15) is 19.2 Å². The molecule has 0 aromatic carbocycles. The molecule has 25 heavy (non-hydrogen) atoms. The first-order valence-electron chi connectivity index (χ1n) is 7.75. The number of hydrogen-bond donors (Lipinski definition) is 2. The molecule has 0 bridgehead atoms. The number of carbonyl (C=O) groups is 2. The van der Waals surface area contributed by atoms with Crippen LogP contribution in [-0.2, 0) is 19.1 Å². The molecule has 2 unspecified atom stereocenters. The number of rotatable bonds is 9. The second-order valence-corrected chi connectivity index (χ2v) is 6.19. The molecule has 140 valence electrons. The van der Waals surface area contributed by atoms with Gasteiger partial charge in [-0.3, -0.25) is 19.1 Å². The molecule has 1 rings (SSSR count). The summed E-state index contributed by atoms with van der Waals surface area (Å²) in [7, 11) is 0. The summed E-state index contributed by atoms with van der Waals surface area (Å²) in [6, 6.07) is -1.33. The Morgan fingerprint density at radius 3 is 2.40 bits per heavy atom. The lowest BCUT2D eigenvalue weighted by atomic mass is 10.2. The van der Waals surface area contributed by atoms with Gasteiger partial charge in [0.15, 0.2) is 6.04 Å². The smallest absolute Gasteiger partial charge is 0.331 e. The number of esters is 2. The Hall–Kier alpha value is -2.07. The van der Waals surface area contributed by atoms with Gasteiger partial charge in [-0.15, -0.1) is 11.8 Å². The van der Waals surface area contributed by atoms with E-state index in [1.165, 1.54) is 13.1 Å². The van der Waals surface area contributed by atoms with Gasteiger partial charge < -0.3 is 14.6 Å². The fourth-order valence-corrected chi connectivity index (χ4v) is 3.08. The molecule has 10 heteroatoms. The molecule has 2 atom stereocenters. The molecule has 0 saturated heterocycles. The number of aromatic nitrogens is 2. The second-order valence-electron chi connectivity index (χ2n) is 4.94. The van der Waals surface area contributed by atoms with Gasteiger partial charge in [-0.25, -0.2) is 9.59 Å². The molecule has 9 nitrogen and oxygen atoms in total. The number of aliphatic hydroxyl groups excluding tert-OH is 1. The fraction of sp³-hybridized carbons (Fsp3) is 0.600. The van der Waals surface area contributed by atoms with Gasteiger partial charge in [0, 0.05) is 17.5 Å². The lowest BCUT2D eigenvalue weighted by molar-refractivity contribution is -0.153. The van der Waals surface area contributed by atoms with Crippen LogP contribution in [0.15, 0.2) is 15.8 Å². The predicted molar refractivity (Wildman–Crippen MR) is 91.7 cm³/mol. The highest BCUT2D eigenvalue weighted by Crippen LogP contribution is 2.26. The molecule has 2 N–H and O–H groups in total. The van der Waals surface area contributed by atoms with E-state index in [4.69, 9.17) is 14.6 Å². The van der Waals surface area contributed by atoms with Gasteiger partial charge in [0.2, 0.25) is 0 Å². The van der Waals surface area contributed by atoms with Crippen molar-refractivity contribution in [2.75, 3.05) is 25.6 Å². The quantitative estimate of drug-likeness (QED) is 0.559. The number of ether oxygens (including phenoxy) is 2. The van der Waals surface area contributed by atoms with Crippen LogP contribution in [0.3, 0.4) is 0 Å². The molecule has 0 spiro atoms. The molecule has 0 fully saturated rings. The van der Waals surface area contributed by atoms with E-state index in [0.29, 0.717) is 0 Å². The average molecular weight is 374 g/mol. The highest BCUT2D eigenvalue weighted by Gasteiger charge is 2.38. The standard InChI is InChI=1S/C15H22N2O7S/c1-4-23-13(20)10(11(25-7-6-18)14(21)24-5-2)17-8-9(3)12(19)16-15(17)22/h8,10-11,18H,4-7H2,1-3H3,(H,16,19,22). The van der Waals surface area contributed by atoms with Crippen LogP contribution in [0.4, 0.5) is 0 Å². The number of nitrogens with zero attached hydrogens (tertiary/aromatic N) is 1. The number of nitrogens with one attached hydrogen (secondary N) is 1. The zero-order valence-corrected chi connectivity index (χ0v) is 15.1. The van der Waals surface area contributed by atoms with E-state index in [2.05, 4.69) is 4.98 Å². The summed E-state index contributed by atoms with van der Waals surface area (Å²) in [5, 5.41) is 7.93. The topological polar surface area (TPSA) is 128 Å². The third-order valence-electron chi connectivity index (χ3n) is 3.17. The lowest BCUT2D eigenvalue weighted by Gasteiger charge is -2.25. The molecule has 0 aliphatic carbocycles. The maximum Gasteiger partial charge on any atom is 0.331 e. The van der Waals surface area contributed by atoms with Crippen LogP contribution in [0, 0.1) is 6.92 Å². The third-order valence-corrected chi connectivity index (χ3v) is 4.40. The van der Waals surface area contributed by atoms with Crippen molar-refractivity contribution in [3.63, 3.8) is 0 Å². The van der Waals surface area contributed by atoms with Crippen molar-refractivity contribution >= 4 is 23.7 Å². The van der Waals surface area contributed by atoms with Crippen LogP contribution in [0.2, 0.25) is 0 Å². The van der Waals surface area contributed by atoms with Crippen molar-refractivity contribution in [1.82, 2.24) is 9.55 Å². The Morgan fingerprint density at radius 1 is 1.24 bits per heavy atom. The molecule has 0 saturated carbocycles. The number of carbonyl (C=O) groups excluding carboxylic acids is 2. The SMILES string of the molecule is CCOC(=O)C(SCCO)C(C(=O)OCC)n1cc(C)c(=O)[nH]c1=O. The molecule has 0 amide bonds. The van der Waals surface area contributed by atoms with Crippen LogP contribution in [-0.4, -0.2) is 57.4 Å². The van der Waals surface area contributed by atoms with E-state index in [1.54, 1.807) is 13.8 Å². The summed E-state index contributed by atoms with van der Waals surface area (Å²) in [6.07, 6.45) is 1.20. The summed E-state index contributed by atoms with van der Waals surface area (Å²) in [6.45, 7) is 4.58. The highest BCUT2D eigenvalue weighted by atomic mass is 32.2. The highest BCUT2D eigenvalue weighted by molar-refractivity contribution is 8.00. The number of thioether (sulfide) groups is 1. The van der Waals surface area contributed by atoms with Gasteiger partial charge in [-0.2, -0.15) is 0 Å². The molecular formula is C15H22N2O7S. The second kappa shape index (κ2) is 10.0. The van der Waals surface area contributed by atoms with Gasteiger partial charge >= 0.3 is 17.6 Å². The van der Waals surface area contributed by atoms with Crippen molar-refractivity contribution in [3.05, 3.63) is 32.6 Å². The van der Waals surface area contributed by atoms with Crippen LogP contribution in [0.25, 0.3) is 0 Å². The van der Waals surface area contributed by atoms with Crippen LogP contribution in [0.1, 0.15) is 25.5 Å². The molecule has 0 aliphatic rings. The first-order valence-corrected chi connectivity index (χ1v) is 8.80. The molecule has 0 radical (unpaired) electrons. The van der Waals surface area contributed by atoms with Crippen molar-refractivity contribution in [2.24, 2.45) is 0 Å². The first kappa shape index (κ1) is 21.0. The third kappa shape index (κ3) is 5.46. The summed E-state index contributed by atoms with van der Waals surface area (Å²) in [4.78, 5) is 50.6. The maximum absolute atomic E-state index is 12.4. The minimum Gasteiger partial charge on any atom is -0.465 e. The number of aryl methyl sites for hydroxylation is 1. The van der Waals surface area contributed by atoms with Crippen LogP contribution in [0.5, 0.6) is 0 Å². The molecule has 1 aromatic heterocycles. The molecule has 1 aromatic rings. The van der Waals surface area contributed by atoms with E-state index < -0.39 is 34.5 Å². The van der Waals surface area contributed by atoms with Crippen molar-refractivity contribution in [2.45, 2.75) is 32.1 Å². The fourth-order valence-electron chi connectivity index (χ4n) is 2.10. The lowest BCUT2D eigenvalue weighted by Crippen LogP contribution is -2.44. The van der Waals surface area contributed by atoms with Crippen molar-refractivity contribution < 1.29 is 24.2 Å². The summed E-state index contributed by atoms with van der Waals surface area (Å²) in [5.41, 5.74) is -1.23. The number of hydrogen-bond acceptors (Lipinski definition) is 8. The Balaban J connectivity index is 3.45. The van der Waals surface area contributed by atoms with E-state index in [1.807, 2.05) is 0 Å². The van der Waals surface area contributed by atoms with Gasteiger partial charge in [0.25, 0.3) is 5.56 Å². The zero-order chi connectivity index (χ0) is 19.0. The normalized spacial score (nSPS) is 13.1. The monoisotopic (exact) mass is 374 g/mol. The predicted octanol–water partition coefficient (Wildman–Crippen LogP) is -0.394. The van der Waals surface area contributed by atoms with E-state index >= 15 is 0 Å². The number of aliphatic hydroxyl groups is 1. The van der Waals surface area contributed by atoms with Gasteiger partial charge in [0.1, 0.15) is 5.25 Å². The van der Waals surface area contributed by atoms with Crippen LogP contribution < -0.4 is 11.2 Å². The first-order chi connectivity index (χ1) is 11.9. The summed E-state index contributed by atoms with van der Waals surface area (Å²) >= 11 is 0.968. The summed E-state index contributed by atoms with van der Waals surface area (Å²) in [5.74, 6) is -1.37. The Kier molecular flexibility index (Phi) is 8.42. The van der Waals surface area contributed by atoms with E-state index in [-0.39, 0.29) is 31.1 Å². The minimum atomic E-state index is -1.33. The maximum atomic E-state index is 12.4. The van der Waals surface area contributed by atoms with Gasteiger partial charge in [0.05, 0.1) is 19.8 Å². The molecular weight excluding hydrogens is 352 g/mol. The largest absolute Gasteiger partial charge is 0.465 e. The molecule has 0 aliphatic heterocycles. The Morgan fingerprint density at radius 2 is 1.84 bits per heavy atom. The van der Waals surface area contributed by atoms with Crippen molar-refractivity contribution in [1.29, 1.82) is 0 Å². The van der Waals surface area contributed by atoms with Gasteiger partial charge in [-0.1, -0.05) is 0 Å². The van der Waals surface area contributed by atoms with E-state index in [0.717, 1.165) is 16.3 Å². The van der Waals surface area contributed by atoms with Gasteiger partial charge in [-0.05, 0) is 20.8 Å². The molecule has 1 heterocycles. The number of aromatic amines is 1. The zero-order valence-electron chi connectivity index (χ0n) is 14.3. The Bertz CT molecular complexity index is 713. The Labute approximate surface area is 148 Å². The summed E-state index contributed by atoms with van der Waals surface area (Å²) < 4.78 is 10.9. The minimum absolute atomic E-state index is 0.0482. The van der Waals surface area contributed by atoms with Crippen LogP contribution >= 0.6 is 11.8 Å². The van der Waals surface area contributed by atoms with Crippen molar-refractivity contribution in [3.8, 4) is 0 Å². The average Bonchev–Trinajstić information content (AvgIpc) is 2.55. The number of H-pyrrole nitrogens is 1.